The molecule has 2 rings (SSSR count). The van der Waals surface area contributed by atoms with Gasteiger partial charge in [0.1, 0.15) is 6.04 Å². The zero-order chi connectivity index (χ0) is 13.8. The molecule has 1 aliphatic heterocycles. The summed E-state index contributed by atoms with van der Waals surface area (Å²) in [5.74, 6) is 0.221. The summed E-state index contributed by atoms with van der Waals surface area (Å²) in [4.78, 5) is 19.9. The zero-order valence-corrected chi connectivity index (χ0v) is 11.6. The first-order valence-corrected chi connectivity index (χ1v) is 6.76. The van der Waals surface area contributed by atoms with Crippen LogP contribution in [0.4, 0.5) is 11.1 Å². The number of carbonyl (C=O) groups is 1. The van der Waals surface area contributed by atoms with Gasteiger partial charge in [-0.2, -0.15) is 9.36 Å². The number of nitrogen functional groups attached to an aromatic ring is 1. The Kier molecular flexibility index (Phi) is 4.51. The van der Waals surface area contributed by atoms with Crippen molar-refractivity contribution in [3.8, 4) is 0 Å². The van der Waals surface area contributed by atoms with Crippen molar-refractivity contribution in [2.24, 2.45) is 5.73 Å². The maximum absolute atomic E-state index is 12.0. The first-order chi connectivity index (χ1) is 9.11. The smallest absolute Gasteiger partial charge is 0.241 e. The number of piperazine rings is 1. The Morgan fingerprint density at radius 3 is 2.68 bits per heavy atom. The van der Waals surface area contributed by atoms with Gasteiger partial charge in [0.25, 0.3) is 0 Å². The Morgan fingerprint density at radius 2 is 2.16 bits per heavy atom. The van der Waals surface area contributed by atoms with E-state index in [0.717, 1.165) is 5.13 Å². The summed E-state index contributed by atoms with van der Waals surface area (Å²) in [5, 5.41) is 0.797. The van der Waals surface area contributed by atoms with Crippen molar-refractivity contribution in [2.45, 2.75) is 6.04 Å². The first kappa shape index (κ1) is 14.0. The molecule has 1 amide bonds. The van der Waals surface area contributed by atoms with Gasteiger partial charge < -0.3 is 26.0 Å². The van der Waals surface area contributed by atoms with Crippen LogP contribution < -0.4 is 16.4 Å². The van der Waals surface area contributed by atoms with Crippen molar-refractivity contribution in [3.63, 3.8) is 0 Å². The van der Waals surface area contributed by atoms with Crippen LogP contribution in [-0.4, -0.2) is 66.1 Å². The molecule has 0 radical (unpaired) electrons. The molecule has 1 unspecified atom stereocenters. The molecule has 4 N–H and O–H groups in total. The Labute approximate surface area is 115 Å². The van der Waals surface area contributed by atoms with Gasteiger partial charge in [-0.25, -0.2) is 0 Å². The van der Waals surface area contributed by atoms with Crippen molar-refractivity contribution in [2.75, 3.05) is 50.5 Å². The minimum absolute atomic E-state index is 0.0710. The van der Waals surface area contributed by atoms with Gasteiger partial charge in [-0.3, -0.25) is 4.79 Å². The SMILES string of the molecule is COCC(N)C(=O)N1CCN(c2nc(N)ns2)CC1. The standard InChI is InChI=1S/C10H18N6O2S/c1-18-6-7(11)8(17)15-2-4-16(5-3-15)10-13-9(12)14-19-10/h7H,2-6,11H2,1H3,(H2,12,14). The highest BCUT2D eigenvalue weighted by atomic mass is 32.1. The summed E-state index contributed by atoms with van der Waals surface area (Å²) in [6.07, 6.45) is 0. The second kappa shape index (κ2) is 6.13. The highest BCUT2D eigenvalue weighted by Gasteiger charge is 2.26. The molecule has 1 fully saturated rings. The normalized spacial score (nSPS) is 17.6. The molecule has 0 saturated carbocycles. The zero-order valence-electron chi connectivity index (χ0n) is 10.8. The van der Waals surface area contributed by atoms with Gasteiger partial charge in [0.2, 0.25) is 17.0 Å². The lowest BCUT2D eigenvalue weighted by Crippen LogP contribution is -2.54. The lowest BCUT2D eigenvalue weighted by molar-refractivity contribution is -0.134. The molecule has 2 heterocycles. The Hall–Kier alpha value is -1.45. The predicted molar refractivity (Wildman–Crippen MR) is 73.0 cm³/mol. The number of nitrogens with zero attached hydrogens (tertiary/aromatic N) is 4. The molecular weight excluding hydrogens is 268 g/mol. The number of hydrogen-bond acceptors (Lipinski definition) is 8. The summed E-state index contributed by atoms with van der Waals surface area (Å²) < 4.78 is 8.84. The maximum atomic E-state index is 12.0. The van der Waals surface area contributed by atoms with Crippen LogP contribution in [0.15, 0.2) is 0 Å². The van der Waals surface area contributed by atoms with E-state index >= 15 is 0 Å². The summed E-state index contributed by atoms with van der Waals surface area (Å²) >= 11 is 1.27. The molecule has 1 atom stereocenters. The van der Waals surface area contributed by atoms with E-state index in [-0.39, 0.29) is 12.5 Å². The second-order valence-electron chi connectivity index (χ2n) is 4.31. The van der Waals surface area contributed by atoms with E-state index in [4.69, 9.17) is 16.2 Å². The molecule has 1 aromatic heterocycles. The molecule has 1 aromatic rings. The molecule has 9 heteroatoms. The molecule has 0 aliphatic carbocycles. The van der Waals surface area contributed by atoms with Crippen LogP contribution in [0.25, 0.3) is 0 Å². The van der Waals surface area contributed by atoms with Crippen molar-refractivity contribution in [1.82, 2.24) is 14.3 Å². The van der Waals surface area contributed by atoms with Crippen molar-refractivity contribution < 1.29 is 9.53 Å². The predicted octanol–water partition coefficient (Wildman–Crippen LogP) is -1.26. The average Bonchev–Trinajstić information content (AvgIpc) is 2.85. The Balaban J connectivity index is 1.87. The van der Waals surface area contributed by atoms with Crippen molar-refractivity contribution in [1.29, 1.82) is 0 Å². The molecular formula is C10H18N6O2S. The van der Waals surface area contributed by atoms with Gasteiger partial charge in [0.05, 0.1) is 6.61 Å². The molecule has 106 valence electrons. The molecule has 8 nitrogen and oxygen atoms in total. The average molecular weight is 286 g/mol. The number of methoxy groups -OCH3 is 1. The fraction of sp³-hybridized carbons (Fsp3) is 0.700. The van der Waals surface area contributed by atoms with Crippen LogP contribution >= 0.6 is 11.5 Å². The van der Waals surface area contributed by atoms with E-state index in [0.29, 0.717) is 32.1 Å². The number of amides is 1. The highest BCUT2D eigenvalue weighted by Crippen LogP contribution is 2.19. The van der Waals surface area contributed by atoms with Crippen LogP contribution in [0, 0.1) is 0 Å². The number of hydrogen-bond donors (Lipinski definition) is 2. The van der Waals surface area contributed by atoms with Gasteiger partial charge >= 0.3 is 0 Å². The fourth-order valence-electron chi connectivity index (χ4n) is 1.96. The van der Waals surface area contributed by atoms with Gasteiger partial charge in [0, 0.05) is 44.8 Å². The van der Waals surface area contributed by atoms with E-state index in [1.165, 1.54) is 18.6 Å². The molecule has 0 aromatic carbocycles. The molecule has 0 bridgehead atoms. The monoisotopic (exact) mass is 286 g/mol. The minimum Gasteiger partial charge on any atom is -0.383 e. The van der Waals surface area contributed by atoms with Crippen molar-refractivity contribution >= 4 is 28.5 Å². The first-order valence-electron chi connectivity index (χ1n) is 5.99. The number of rotatable bonds is 4. The van der Waals surface area contributed by atoms with Crippen LogP contribution in [0.3, 0.4) is 0 Å². The van der Waals surface area contributed by atoms with Gasteiger partial charge in [-0.05, 0) is 0 Å². The highest BCUT2D eigenvalue weighted by molar-refractivity contribution is 7.09. The quantitative estimate of drug-likeness (QED) is 0.711. The Morgan fingerprint density at radius 1 is 1.47 bits per heavy atom. The van der Waals surface area contributed by atoms with E-state index in [1.54, 1.807) is 4.90 Å². The lowest BCUT2D eigenvalue weighted by Gasteiger charge is -2.35. The third kappa shape index (κ3) is 3.31. The largest absolute Gasteiger partial charge is 0.383 e. The molecule has 19 heavy (non-hydrogen) atoms. The number of nitrogens with two attached hydrogens (primary N) is 2. The number of aromatic nitrogens is 2. The van der Waals surface area contributed by atoms with E-state index in [2.05, 4.69) is 14.3 Å². The third-order valence-corrected chi connectivity index (χ3v) is 3.75. The lowest BCUT2D eigenvalue weighted by atomic mass is 10.2. The fourth-order valence-corrected chi connectivity index (χ4v) is 2.61. The number of ether oxygens (including phenoxy) is 1. The maximum Gasteiger partial charge on any atom is 0.241 e. The third-order valence-electron chi connectivity index (χ3n) is 2.96. The summed E-state index contributed by atoms with van der Waals surface area (Å²) in [6, 6.07) is -0.589. The van der Waals surface area contributed by atoms with E-state index < -0.39 is 6.04 Å². The summed E-state index contributed by atoms with van der Waals surface area (Å²) in [7, 11) is 1.53. The van der Waals surface area contributed by atoms with Crippen LogP contribution in [0.2, 0.25) is 0 Å². The molecule has 1 saturated heterocycles. The topological polar surface area (TPSA) is 111 Å². The number of anilines is 2. The summed E-state index contributed by atoms with van der Waals surface area (Å²) in [6.45, 7) is 2.90. The number of carbonyl (C=O) groups excluding carboxylic acids is 1. The van der Waals surface area contributed by atoms with Crippen LogP contribution in [0.1, 0.15) is 0 Å². The van der Waals surface area contributed by atoms with Crippen LogP contribution in [0.5, 0.6) is 0 Å². The van der Waals surface area contributed by atoms with E-state index in [1.807, 2.05) is 0 Å². The molecule has 0 spiro atoms. The molecule has 1 aliphatic rings. The van der Waals surface area contributed by atoms with E-state index in [9.17, 15) is 4.79 Å². The van der Waals surface area contributed by atoms with Gasteiger partial charge in [-0.15, -0.1) is 0 Å². The second-order valence-corrected chi connectivity index (χ2v) is 5.04. The summed E-state index contributed by atoms with van der Waals surface area (Å²) in [5.41, 5.74) is 11.2. The Bertz CT molecular complexity index is 431. The van der Waals surface area contributed by atoms with Crippen LogP contribution in [-0.2, 0) is 9.53 Å². The van der Waals surface area contributed by atoms with Crippen molar-refractivity contribution in [3.05, 3.63) is 0 Å². The van der Waals surface area contributed by atoms with Gasteiger partial charge in [0.15, 0.2) is 0 Å². The minimum atomic E-state index is -0.589. The van der Waals surface area contributed by atoms with Gasteiger partial charge in [-0.1, -0.05) is 0 Å².